The smallest absolute Gasteiger partial charge is 0.241 e. The lowest BCUT2D eigenvalue weighted by atomic mass is 10.1. The van der Waals surface area contributed by atoms with Crippen molar-refractivity contribution >= 4 is 35.8 Å². The van der Waals surface area contributed by atoms with Crippen LogP contribution in [0.5, 0.6) is 0 Å². The number of nitrogens with one attached hydrogen (secondary N) is 3. The standard InChI is InChI=1S/C23H39N5O3.HI/c1-3-24-23(27-18-22(29)25-13-17-30-2)26-12-7-16-31-21-10-14-28(15-11-21)19-20-8-5-4-6-9-20;/h4-6,8-9,21H,3,7,10-19H2,1-2H3,(H,25,29)(H2,24,26,27);1H. The minimum Gasteiger partial charge on any atom is -0.383 e. The molecule has 3 N–H and O–H groups in total. The Morgan fingerprint density at radius 1 is 1.09 bits per heavy atom. The van der Waals surface area contributed by atoms with Crippen LogP contribution >= 0.6 is 24.0 Å². The second kappa shape index (κ2) is 18.0. The third-order valence-electron chi connectivity index (χ3n) is 5.10. The lowest BCUT2D eigenvalue weighted by molar-refractivity contribution is -0.119. The van der Waals surface area contributed by atoms with Gasteiger partial charge in [-0.25, -0.2) is 4.99 Å². The van der Waals surface area contributed by atoms with E-state index >= 15 is 0 Å². The second-order valence-corrected chi connectivity index (χ2v) is 7.65. The average Bonchev–Trinajstić information content (AvgIpc) is 2.79. The normalized spacial score (nSPS) is 15.1. The van der Waals surface area contributed by atoms with Crippen LogP contribution in [0.3, 0.4) is 0 Å². The van der Waals surface area contributed by atoms with Crippen LogP contribution in [0.1, 0.15) is 31.7 Å². The third-order valence-corrected chi connectivity index (χ3v) is 5.10. The number of rotatable bonds is 13. The van der Waals surface area contributed by atoms with Gasteiger partial charge in [-0.3, -0.25) is 9.69 Å². The Morgan fingerprint density at radius 3 is 2.53 bits per heavy atom. The van der Waals surface area contributed by atoms with Crippen molar-refractivity contribution in [3.8, 4) is 0 Å². The topological polar surface area (TPSA) is 87.2 Å². The molecule has 0 radical (unpaired) electrons. The number of piperidine rings is 1. The summed E-state index contributed by atoms with van der Waals surface area (Å²) in [7, 11) is 1.61. The van der Waals surface area contributed by atoms with Crippen LogP contribution in [0.2, 0.25) is 0 Å². The first-order valence-electron chi connectivity index (χ1n) is 11.4. The molecule has 1 heterocycles. The van der Waals surface area contributed by atoms with Crippen molar-refractivity contribution in [1.82, 2.24) is 20.9 Å². The van der Waals surface area contributed by atoms with Crippen molar-refractivity contribution in [3.63, 3.8) is 0 Å². The molecule has 2 rings (SSSR count). The molecule has 1 aromatic rings. The maximum absolute atomic E-state index is 11.8. The molecule has 0 aliphatic carbocycles. The number of carbonyl (C=O) groups excluding carboxylic acids is 1. The van der Waals surface area contributed by atoms with Crippen LogP contribution < -0.4 is 16.0 Å². The quantitative estimate of drug-likeness (QED) is 0.148. The highest BCUT2D eigenvalue weighted by Crippen LogP contribution is 2.16. The number of aliphatic imine (C=N–C) groups is 1. The van der Waals surface area contributed by atoms with Gasteiger partial charge >= 0.3 is 0 Å². The SMILES string of the molecule is CCNC(=NCC(=O)NCCOC)NCCCOC1CCN(Cc2ccccc2)CC1.I. The molecule has 0 spiro atoms. The molecule has 32 heavy (non-hydrogen) atoms. The lowest BCUT2D eigenvalue weighted by Crippen LogP contribution is -2.39. The molecule has 8 nitrogen and oxygen atoms in total. The van der Waals surface area contributed by atoms with E-state index in [4.69, 9.17) is 9.47 Å². The second-order valence-electron chi connectivity index (χ2n) is 7.65. The highest BCUT2D eigenvalue weighted by Gasteiger charge is 2.19. The summed E-state index contributed by atoms with van der Waals surface area (Å²) in [6.07, 6.45) is 3.42. The Morgan fingerprint density at radius 2 is 1.84 bits per heavy atom. The van der Waals surface area contributed by atoms with Gasteiger partial charge in [-0.05, 0) is 31.7 Å². The van der Waals surface area contributed by atoms with Gasteiger partial charge in [-0.1, -0.05) is 30.3 Å². The van der Waals surface area contributed by atoms with Gasteiger partial charge in [0.25, 0.3) is 0 Å². The van der Waals surface area contributed by atoms with E-state index in [1.165, 1.54) is 5.56 Å². The molecule has 1 fully saturated rings. The summed E-state index contributed by atoms with van der Waals surface area (Å²) in [4.78, 5) is 18.6. The van der Waals surface area contributed by atoms with Gasteiger partial charge in [-0.2, -0.15) is 0 Å². The van der Waals surface area contributed by atoms with E-state index in [2.05, 4.69) is 56.2 Å². The van der Waals surface area contributed by atoms with Crippen LogP contribution in [0.15, 0.2) is 35.3 Å². The van der Waals surface area contributed by atoms with Gasteiger partial charge in [0.05, 0.1) is 12.7 Å². The molecule has 0 bridgehead atoms. The van der Waals surface area contributed by atoms with E-state index in [9.17, 15) is 4.79 Å². The Kier molecular flexibility index (Phi) is 16.1. The van der Waals surface area contributed by atoms with Gasteiger partial charge in [-0.15, -0.1) is 24.0 Å². The number of halogens is 1. The van der Waals surface area contributed by atoms with E-state index in [1.54, 1.807) is 7.11 Å². The number of benzene rings is 1. The largest absolute Gasteiger partial charge is 0.383 e. The summed E-state index contributed by atoms with van der Waals surface area (Å²) < 4.78 is 11.0. The van der Waals surface area contributed by atoms with Crippen molar-refractivity contribution in [1.29, 1.82) is 0 Å². The van der Waals surface area contributed by atoms with Crippen molar-refractivity contribution in [2.75, 3.05) is 59.6 Å². The number of hydrogen-bond acceptors (Lipinski definition) is 5. The molecule has 0 saturated carbocycles. The van der Waals surface area contributed by atoms with Crippen molar-refractivity contribution in [2.24, 2.45) is 4.99 Å². The molecule has 1 aliphatic heterocycles. The van der Waals surface area contributed by atoms with Gasteiger partial charge < -0.3 is 25.4 Å². The van der Waals surface area contributed by atoms with Gasteiger partial charge in [0, 0.05) is 53.0 Å². The summed E-state index contributed by atoms with van der Waals surface area (Å²) in [5.41, 5.74) is 1.37. The predicted octanol–water partition coefficient (Wildman–Crippen LogP) is 1.99. The fraction of sp³-hybridized carbons (Fsp3) is 0.652. The zero-order chi connectivity index (χ0) is 22.2. The Labute approximate surface area is 209 Å². The zero-order valence-corrected chi connectivity index (χ0v) is 21.8. The summed E-state index contributed by atoms with van der Waals surface area (Å²) in [5.74, 6) is 0.537. The van der Waals surface area contributed by atoms with E-state index in [1.807, 2.05) is 6.92 Å². The Hall–Kier alpha value is -1.43. The van der Waals surface area contributed by atoms with Crippen LogP contribution in [0.25, 0.3) is 0 Å². The molecule has 182 valence electrons. The molecule has 0 unspecified atom stereocenters. The first-order valence-corrected chi connectivity index (χ1v) is 11.4. The van der Waals surface area contributed by atoms with E-state index < -0.39 is 0 Å². The minimum absolute atomic E-state index is 0. The van der Waals surface area contributed by atoms with Gasteiger partial charge in [0.15, 0.2) is 5.96 Å². The number of hydrogen-bond donors (Lipinski definition) is 3. The number of nitrogens with zero attached hydrogens (tertiary/aromatic N) is 2. The minimum atomic E-state index is -0.115. The fourth-order valence-electron chi connectivity index (χ4n) is 3.45. The first-order chi connectivity index (χ1) is 15.2. The predicted molar refractivity (Wildman–Crippen MR) is 140 cm³/mol. The van der Waals surface area contributed by atoms with E-state index in [0.29, 0.717) is 25.2 Å². The van der Waals surface area contributed by atoms with E-state index in [-0.39, 0.29) is 36.4 Å². The first kappa shape index (κ1) is 28.6. The molecule has 1 amide bonds. The van der Waals surface area contributed by atoms with Crippen LogP contribution in [-0.2, 0) is 20.8 Å². The summed E-state index contributed by atoms with van der Waals surface area (Å²) in [5, 5.41) is 9.18. The Balaban J connectivity index is 0.00000512. The number of likely N-dealkylation sites (tertiary alicyclic amines) is 1. The summed E-state index contributed by atoms with van der Waals surface area (Å²) in [6, 6.07) is 10.6. The number of guanidine groups is 1. The molecule has 1 aliphatic rings. The Bertz CT molecular complexity index is 640. The van der Waals surface area contributed by atoms with Crippen molar-refractivity contribution in [2.45, 2.75) is 38.8 Å². The van der Waals surface area contributed by atoms with Crippen molar-refractivity contribution < 1.29 is 14.3 Å². The highest BCUT2D eigenvalue weighted by molar-refractivity contribution is 14.0. The monoisotopic (exact) mass is 561 g/mol. The molecule has 0 aromatic heterocycles. The lowest BCUT2D eigenvalue weighted by Gasteiger charge is -2.32. The summed E-state index contributed by atoms with van der Waals surface area (Å²) >= 11 is 0. The van der Waals surface area contributed by atoms with E-state index in [0.717, 1.165) is 58.6 Å². The number of methoxy groups -OCH3 is 1. The molecule has 0 atom stereocenters. The number of carbonyl (C=O) groups is 1. The summed E-state index contributed by atoms with van der Waals surface area (Å²) in [6.45, 7) is 8.52. The third kappa shape index (κ3) is 12.6. The highest BCUT2D eigenvalue weighted by atomic mass is 127. The molecule has 9 heteroatoms. The molecule has 1 saturated heterocycles. The zero-order valence-electron chi connectivity index (χ0n) is 19.5. The fourth-order valence-corrected chi connectivity index (χ4v) is 3.45. The molecular formula is C23H40IN5O3. The maximum Gasteiger partial charge on any atom is 0.241 e. The van der Waals surface area contributed by atoms with Crippen molar-refractivity contribution in [3.05, 3.63) is 35.9 Å². The van der Waals surface area contributed by atoms with Crippen LogP contribution in [-0.4, -0.2) is 82.5 Å². The van der Waals surface area contributed by atoms with Crippen LogP contribution in [0, 0.1) is 0 Å². The molecular weight excluding hydrogens is 521 g/mol. The number of amides is 1. The molecule has 1 aromatic carbocycles. The maximum atomic E-state index is 11.8. The average molecular weight is 562 g/mol. The number of ether oxygens (including phenoxy) is 2. The van der Waals surface area contributed by atoms with Gasteiger partial charge in [0.2, 0.25) is 5.91 Å². The van der Waals surface area contributed by atoms with Gasteiger partial charge in [0.1, 0.15) is 6.54 Å². The van der Waals surface area contributed by atoms with Crippen LogP contribution in [0.4, 0.5) is 0 Å².